The first-order valence-corrected chi connectivity index (χ1v) is 4.71. The third-order valence-corrected chi connectivity index (χ3v) is 2.24. The van der Waals surface area contributed by atoms with Crippen molar-refractivity contribution >= 4 is 5.69 Å². The summed E-state index contributed by atoms with van der Waals surface area (Å²) in [5.74, 6) is 0.503. The van der Waals surface area contributed by atoms with Gasteiger partial charge >= 0.3 is 0 Å². The number of nitro benzene ring substituents is 1. The average molecular weight is 215 g/mol. The number of hydrogen-bond donors (Lipinski definition) is 0. The van der Waals surface area contributed by atoms with Crippen LogP contribution in [0.1, 0.15) is 5.56 Å². The zero-order chi connectivity index (χ0) is 11.5. The Morgan fingerprint density at radius 2 is 1.94 bits per heavy atom. The Morgan fingerprint density at radius 3 is 2.56 bits per heavy atom. The van der Waals surface area contributed by atoms with Crippen molar-refractivity contribution in [3.8, 4) is 11.4 Å². The van der Waals surface area contributed by atoms with Crippen molar-refractivity contribution in [1.82, 2.24) is 9.97 Å². The Hall–Kier alpha value is -2.30. The molecule has 16 heavy (non-hydrogen) atoms. The first-order valence-electron chi connectivity index (χ1n) is 4.71. The van der Waals surface area contributed by atoms with Crippen LogP contribution >= 0.6 is 0 Å². The van der Waals surface area contributed by atoms with Crippen molar-refractivity contribution in [2.45, 2.75) is 6.92 Å². The molecule has 0 unspecified atom stereocenters. The fourth-order valence-electron chi connectivity index (χ4n) is 1.40. The highest BCUT2D eigenvalue weighted by Crippen LogP contribution is 2.24. The number of nitrogens with zero attached hydrogens (tertiary/aromatic N) is 3. The molecule has 0 aliphatic heterocycles. The van der Waals surface area contributed by atoms with Crippen molar-refractivity contribution < 1.29 is 4.92 Å². The van der Waals surface area contributed by atoms with Gasteiger partial charge in [-0.3, -0.25) is 10.1 Å². The fourth-order valence-corrected chi connectivity index (χ4v) is 1.40. The molecule has 1 aromatic heterocycles. The number of hydrogen-bond acceptors (Lipinski definition) is 4. The molecule has 0 atom stereocenters. The van der Waals surface area contributed by atoms with E-state index in [0.717, 1.165) is 5.56 Å². The molecule has 0 aliphatic carbocycles. The van der Waals surface area contributed by atoms with Crippen LogP contribution in [0.3, 0.4) is 0 Å². The monoisotopic (exact) mass is 215 g/mol. The molecular weight excluding hydrogens is 206 g/mol. The lowest BCUT2D eigenvalue weighted by Gasteiger charge is -2.03. The molecule has 2 aromatic rings. The Kier molecular flexibility index (Phi) is 2.59. The van der Waals surface area contributed by atoms with Gasteiger partial charge in [-0.05, 0) is 18.6 Å². The Balaban J connectivity index is 2.56. The van der Waals surface area contributed by atoms with Gasteiger partial charge in [-0.2, -0.15) is 0 Å². The summed E-state index contributed by atoms with van der Waals surface area (Å²) in [5, 5.41) is 10.7. The number of benzene rings is 1. The van der Waals surface area contributed by atoms with E-state index in [1.54, 1.807) is 24.5 Å². The molecule has 1 heterocycles. The standard InChI is InChI=1S/C11H9N3O2/c1-8-3-4-9(14(15)16)7-10(8)11-12-5-2-6-13-11/h2-7H,1H3. The third-order valence-electron chi connectivity index (χ3n) is 2.24. The minimum atomic E-state index is -0.425. The first-order chi connectivity index (χ1) is 7.68. The van der Waals surface area contributed by atoms with Crippen LogP contribution in [0.4, 0.5) is 5.69 Å². The summed E-state index contributed by atoms with van der Waals surface area (Å²) < 4.78 is 0. The molecule has 0 fully saturated rings. The first kappa shape index (κ1) is 10.2. The van der Waals surface area contributed by atoms with Gasteiger partial charge in [0.1, 0.15) is 0 Å². The summed E-state index contributed by atoms with van der Waals surface area (Å²) in [6.45, 7) is 1.87. The van der Waals surface area contributed by atoms with Crippen LogP contribution in [0.2, 0.25) is 0 Å². The Morgan fingerprint density at radius 1 is 1.25 bits per heavy atom. The molecule has 5 heteroatoms. The molecule has 0 bridgehead atoms. The molecule has 2 rings (SSSR count). The van der Waals surface area contributed by atoms with Crippen LogP contribution < -0.4 is 0 Å². The molecule has 0 amide bonds. The Labute approximate surface area is 91.9 Å². The lowest BCUT2D eigenvalue weighted by atomic mass is 10.1. The van der Waals surface area contributed by atoms with Crippen LogP contribution in [-0.4, -0.2) is 14.9 Å². The zero-order valence-electron chi connectivity index (χ0n) is 8.62. The summed E-state index contributed by atoms with van der Waals surface area (Å²) >= 11 is 0. The summed E-state index contributed by atoms with van der Waals surface area (Å²) in [6.07, 6.45) is 3.22. The second kappa shape index (κ2) is 4.06. The highest BCUT2D eigenvalue weighted by molar-refractivity contribution is 5.63. The van der Waals surface area contributed by atoms with Crippen LogP contribution in [0.15, 0.2) is 36.7 Å². The molecule has 0 saturated carbocycles. The fraction of sp³-hybridized carbons (Fsp3) is 0.0909. The molecule has 80 valence electrons. The van der Waals surface area contributed by atoms with Gasteiger partial charge in [-0.25, -0.2) is 9.97 Å². The predicted octanol–water partition coefficient (Wildman–Crippen LogP) is 2.36. The maximum Gasteiger partial charge on any atom is 0.270 e. The molecule has 5 nitrogen and oxygen atoms in total. The van der Waals surface area contributed by atoms with E-state index < -0.39 is 4.92 Å². The van der Waals surface area contributed by atoms with E-state index in [1.807, 2.05) is 6.92 Å². The van der Waals surface area contributed by atoms with Gasteiger partial charge in [0.2, 0.25) is 0 Å². The SMILES string of the molecule is Cc1ccc([N+](=O)[O-])cc1-c1ncccn1. The molecule has 1 aromatic carbocycles. The number of aromatic nitrogens is 2. The van der Waals surface area contributed by atoms with E-state index in [1.165, 1.54) is 12.1 Å². The van der Waals surface area contributed by atoms with Gasteiger partial charge in [0.15, 0.2) is 5.82 Å². The number of aryl methyl sites for hydroxylation is 1. The molecule has 0 aliphatic rings. The lowest BCUT2D eigenvalue weighted by Crippen LogP contribution is -1.93. The minimum absolute atomic E-state index is 0.0491. The molecular formula is C11H9N3O2. The van der Waals surface area contributed by atoms with Gasteiger partial charge in [0.25, 0.3) is 5.69 Å². The molecule has 0 radical (unpaired) electrons. The number of rotatable bonds is 2. The van der Waals surface area contributed by atoms with Gasteiger partial charge in [-0.1, -0.05) is 6.07 Å². The topological polar surface area (TPSA) is 68.9 Å². The van der Waals surface area contributed by atoms with E-state index in [2.05, 4.69) is 9.97 Å². The smallest absolute Gasteiger partial charge is 0.258 e. The molecule has 0 N–H and O–H groups in total. The summed E-state index contributed by atoms with van der Waals surface area (Å²) in [5.41, 5.74) is 1.65. The maximum atomic E-state index is 10.7. The predicted molar refractivity (Wildman–Crippen MR) is 58.9 cm³/mol. The summed E-state index contributed by atoms with van der Waals surface area (Å²) in [6, 6.07) is 6.37. The normalized spacial score (nSPS) is 10.1. The van der Waals surface area contributed by atoms with Crippen molar-refractivity contribution in [3.63, 3.8) is 0 Å². The quantitative estimate of drug-likeness (QED) is 0.569. The lowest BCUT2D eigenvalue weighted by molar-refractivity contribution is -0.384. The number of nitro groups is 1. The maximum absolute atomic E-state index is 10.7. The molecule has 0 saturated heterocycles. The van der Waals surface area contributed by atoms with E-state index >= 15 is 0 Å². The van der Waals surface area contributed by atoms with E-state index in [-0.39, 0.29) is 5.69 Å². The van der Waals surface area contributed by atoms with Crippen molar-refractivity contribution in [1.29, 1.82) is 0 Å². The summed E-state index contributed by atoms with van der Waals surface area (Å²) in [4.78, 5) is 18.4. The van der Waals surface area contributed by atoms with Crippen LogP contribution in [0.25, 0.3) is 11.4 Å². The summed E-state index contributed by atoms with van der Waals surface area (Å²) in [7, 11) is 0. The van der Waals surface area contributed by atoms with Crippen molar-refractivity contribution in [2.24, 2.45) is 0 Å². The second-order valence-corrected chi connectivity index (χ2v) is 3.33. The van der Waals surface area contributed by atoms with Crippen LogP contribution in [0.5, 0.6) is 0 Å². The van der Waals surface area contributed by atoms with E-state index in [4.69, 9.17) is 0 Å². The van der Waals surface area contributed by atoms with Gasteiger partial charge < -0.3 is 0 Å². The highest BCUT2D eigenvalue weighted by atomic mass is 16.6. The van der Waals surface area contributed by atoms with E-state index in [0.29, 0.717) is 11.4 Å². The number of non-ortho nitro benzene ring substituents is 1. The Bertz CT molecular complexity index is 526. The average Bonchev–Trinajstić information content (AvgIpc) is 2.30. The second-order valence-electron chi connectivity index (χ2n) is 3.33. The third kappa shape index (κ3) is 1.88. The molecule has 0 spiro atoms. The van der Waals surface area contributed by atoms with Crippen LogP contribution in [0, 0.1) is 17.0 Å². The van der Waals surface area contributed by atoms with Crippen molar-refractivity contribution in [2.75, 3.05) is 0 Å². The van der Waals surface area contributed by atoms with Gasteiger partial charge in [0.05, 0.1) is 4.92 Å². The minimum Gasteiger partial charge on any atom is -0.258 e. The van der Waals surface area contributed by atoms with Crippen LogP contribution in [-0.2, 0) is 0 Å². The van der Waals surface area contributed by atoms with Gasteiger partial charge in [0, 0.05) is 30.1 Å². The van der Waals surface area contributed by atoms with Gasteiger partial charge in [-0.15, -0.1) is 0 Å². The highest BCUT2D eigenvalue weighted by Gasteiger charge is 2.11. The van der Waals surface area contributed by atoms with Crippen molar-refractivity contribution in [3.05, 3.63) is 52.3 Å². The van der Waals surface area contributed by atoms with E-state index in [9.17, 15) is 10.1 Å². The zero-order valence-corrected chi connectivity index (χ0v) is 8.62. The largest absolute Gasteiger partial charge is 0.270 e.